The molecule has 1 amide bonds. The van der Waals surface area contributed by atoms with Gasteiger partial charge in [-0.15, -0.1) is 0 Å². The Morgan fingerprint density at radius 1 is 1.20 bits per heavy atom. The first kappa shape index (κ1) is 16.3. The van der Waals surface area contributed by atoms with Crippen LogP contribution < -0.4 is 5.32 Å². The highest BCUT2D eigenvalue weighted by Crippen LogP contribution is 2.49. The molecule has 2 heterocycles. The third-order valence-corrected chi connectivity index (χ3v) is 5.48. The average molecular weight is 342 g/mol. The van der Waals surface area contributed by atoms with E-state index in [1.54, 1.807) is 24.5 Å². The molecule has 1 atom stereocenters. The number of rotatable bonds is 6. The minimum Gasteiger partial charge on any atom is -0.468 e. The molecule has 1 unspecified atom stereocenters. The molecule has 1 saturated heterocycles. The summed E-state index contributed by atoms with van der Waals surface area (Å²) in [6.07, 6.45) is 5.42. The van der Waals surface area contributed by atoms with Gasteiger partial charge in [0.2, 0.25) is 5.91 Å². The van der Waals surface area contributed by atoms with Crippen LogP contribution in [0, 0.1) is 5.82 Å². The van der Waals surface area contributed by atoms with Crippen molar-refractivity contribution in [2.45, 2.75) is 37.1 Å². The number of furan rings is 1. The topological polar surface area (TPSA) is 45.5 Å². The molecular formula is C20H23FN2O2. The fourth-order valence-corrected chi connectivity index (χ4v) is 3.90. The maximum Gasteiger partial charge on any atom is 0.230 e. The minimum absolute atomic E-state index is 0.0397. The lowest BCUT2D eigenvalue weighted by atomic mass is 9.94. The van der Waals surface area contributed by atoms with Gasteiger partial charge in [0.25, 0.3) is 0 Å². The fourth-order valence-electron chi connectivity index (χ4n) is 3.90. The fraction of sp³-hybridized carbons (Fsp3) is 0.450. The van der Waals surface area contributed by atoms with E-state index in [0.717, 1.165) is 18.8 Å². The van der Waals surface area contributed by atoms with E-state index >= 15 is 0 Å². The van der Waals surface area contributed by atoms with Crippen LogP contribution >= 0.6 is 0 Å². The summed E-state index contributed by atoms with van der Waals surface area (Å²) in [5.74, 6) is 0.503. The molecule has 1 aliphatic heterocycles. The van der Waals surface area contributed by atoms with Gasteiger partial charge in [-0.05, 0) is 57.0 Å². The van der Waals surface area contributed by atoms with Crippen LogP contribution in [-0.4, -0.2) is 30.4 Å². The quantitative estimate of drug-likeness (QED) is 0.875. The summed E-state index contributed by atoms with van der Waals surface area (Å²) < 4.78 is 19.7. The number of amides is 1. The van der Waals surface area contributed by atoms with Crippen molar-refractivity contribution in [1.82, 2.24) is 10.2 Å². The highest BCUT2D eigenvalue weighted by atomic mass is 19.1. The first-order valence-electron chi connectivity index (χ1n) is 9.01. The highest BCUT2D eigenvalue weighted by Gasteiger charge is 2.52. The zero-order chi connectivity index (χ0) is 17.3. The second-order valence-corrected chi connectivity index (χ2v) is 7.05. The smallest absolute Gasteiger partial charge is 0.230 e. The molecule has 2 aliphatic rings. The second-order valence-electron chi connectivity index (χ2n) is 7.05. The summed E-state index contributed by atoms with van der Waals surface area (Å²) in [6, 6.07) is 10.5. The number of benzene rings is 1. The Hall–Kier alpha value is -2.14. The Labute approximate surface area is 147 Å². The molecular weight excluding hydrogens is 319 g/mol. The van der Waals surface area contributed by atoms with Gasteiger partial charge in [-0.25, -0.2) is 4.39 Å². The third kappa shape index (κ3) is 3.09. The monoisotopic (exact) mass is 342 g/mol. The van der Waals surface area contributed by atoms with Crippen LogP contribution in [0.5, 0.6) is 0 Å². The zero-order valence-corrected chi connectivity index (χ0v) is 14.2. The van der Waals surface area contributed by atoms with E-state index in [1.807, 2.05) is 12.1 Å². The molecule has 1 aliphatic carbocycles. The first-order chi connectivity index (χ1) is 12.2. The molecule has 0 radical (unpaired) electrons. The number of carbonyl (C=O) groups is 1. The third-order valence-electron chi connectivity index (χ3n) is 5.48. The van der Waals surface area contributed by atoms with Gasteiger partial charge in [0.05, 0.1) is 17.7 Å². The first-order valence-corrected chi connectivity index (χ1v) is 9.01. The lowest BCUT2D eigenvalue weighted by Crippen LogP contribution is -2.41. The van der Waals surface area contributed by atoms with Gasteiger partial charge >= 0.3 is 0 Å². The van der Waals surface area contributed by atoms with Crippen molar-refractivity contribution in [1.29, 1.82) is 0 Å². The maximum atomic E-state index is 14.2. The maximum absolute atomic E-state index is 14.2. The highest BCUT2D eigenvalue weighted by molar-refractivity contribution is 5.91. The summed E-state index contributed by atoms with van der Waals surface area (Å²) in [4.78, 5) is 15.2. The standard InChI is InChI=1S/C20H23FN2O2/c21-16-7-2-1-6-15(16)20(9-10-20)19(24)22-14-17(18-8-5-13-25-18)23-11-3-4-12-23/h1-2,5-8,13,17H,3-4,9-12,14H2,(H,22,24). The lowest BCUT2D eigenvalue weighted by molar-refractivity contribution is -0.123. The molecule has 2 aromatic rings. The predicted molar refractivity (Wildman–Crippen MR) is 92.6 cm³/mol. The van der Waals surface area contributed by atoms with E-state index < -0.39 is 5.41 Å². The number of hydrogen-bond donors (Lipinski definition) is 1. The summed E-state index contributed by atoms with van der Waals surface area (Å²) in [7, 11) is 0. The largest absolute Gasteiger partial charge is 0.468 e. The SMILES string of the molecule is O=C(NCC(c1ccco1)N1CCCC1)C1(c2ccccc2F)CC1. The second kappa shape index (κ2) is 6.64. The number of nitrogens with one attached hydrogen (secondary N) is 1. The van der Waals surface area contributed by atoms with Gasteiger partial charge in [-0.2, -0.15) is 0 Å². The van der Waals surface area contributed by atoms with Crippen molar-refractivity contribution in [3.8, 4) is 0 Å². The lowest BCUT2D eigenvalue weighted by Gasteiger charge is -2.27. The van der Waals surface area contributed by atoms with E-state index in [4.69, 9.17) is 4.42 Å². The van der Waals surface area contributed by atoms with Crippen LogP contribution in [0.4, 0.5) is 4.39 Å². The summed E-state index contributed by atoms with van der Waals surface area (Å²) in [6.45, 7) is 2.52. The normalized spacial score (nSPS) is 20.4. The zero-order valence-electron chi connectivity index (χ0n) is 14.2. The average Bonchev–Trinajstić information content (AvgIpc) is 3.03. The Bertz CT molecular complexity index is 734. The number of halogens is 1. The van der Waals surface area contributed by atoms with Gasteiger partial charge < -0.3 is 9.73 Å². The van der Waals surface area contributed by atoms with Crippen molar-refractivity contribution in [2.24, 2.45) is 0 Å². The van der Waals surface area contributed by atoms with E-state index in [2.05, 4.69) is 10.2 Å². The number of nitrogens with zero attached hydrogens (tertiary/aromatic N) is 1. The molecule has 132 valence electrons. The minimum atomic E-state index is -0.690. The van der Waals surface area contributed by atoms with Crippen LogP contribution in [0.15, 0.2) is 47.1 Å². The van der Waals surface area contributed by atoms with E-state index in [1.165, 1.54) is 18.9 Å². The molecule has 5 heteroatoms. The van der Waals surface area contributed by atoms with Crippen molar-refractivity contribution >= 4 is 5.91 Å². The number of likely N-dealkylation sites (tertiary alicyclic amines) is 1. The molecule has 4 rings (SSSR count). The van der Waals surface area contributed by atoms with Gasteiger partial charge in [0, 0.05) is 12.1 Å². The van der Waals surface area contributed by atoms with Crippen LogP contribution in [0.3, 0.4) is 0 Å². The molecule has 1 saturated carbocycles. The van der Waals surface area contributed by atoms with Gasteiger partial charge in [0.15, 0.2) is 0 Å². The van der Waals surface area contributed by atoms with Crippen molar-refractivity contribution in [3.05, 3.63) is 59.8 Å². The van der Waals surface area contributed by atoms with E-state index in [0.29, 0.717) is 24.9 Å². The Kier molecular flexibility index (Phi) is 4.34. The van der Waals surface area contributed by atoms with Crippen molar-refractivity contribution < 1.29 is 13.6 Å². The molecule has 0 spiro atoms. The molecule has 25 heavy (non-hydrogen) atoms. The summed E-state index contributed by atoms with van der Waals surface area (Å²) in [5.41, 5.74) is -0.174. The van der Waals surface area contributed by atoms with Gasteiger partial charge in [-0.1, -0.05) is 18.2 Å². The molecule has 1 aromatic carbocycles. The molecule has 2 fully saturated rings. The molecule has 1 N–H and O–H groups in total. The van der Waals surface area contributed by atoms with Crippen molar-refractivity contribution in [2.75, 3.05) is 19.6 Å². The van der Waals surface area contributed by atoms with Crippen LogP contribution in [0.1, 0.15) is 43.0 Å². The van der Waals surface area contributed by atoms with E-state index in [-0.39, 0.29) is 17.8 Å². The van der Waals surface area contributed by atoms with E-state index in [9.17, 15) is 9.18 Å². The van der Waals surface area contributed by atoms with Gasteiger partial charge in [-0.3, -0.25) is 9.69 Å². The van der Waals surface area contributed by atoms with Crippen LogP contribution in [0.2, 0.25) is 0 Å². The number of hydrogen-bond acceptors (Lipinski definition) is 3. The van der Waals surface area contributed by atoms with Gasteiger partial charge in [0.1, 0.15) is 11.6 Å². The number of carbonyl (C=O) groups excluding carboxylic acids is 1. The Morgan fingerprint density at radius 2 is 1.96 bits per heavy atom. The Balaban J connectivity index is 1.48. The summed E-state index contributed by atoms with van der Waals surface area (Å²) in [5, 5.41) is 3.07. The molecule has 1 aromatic heterocycles. The Morgan fingerprint density at radius 3 is 2.60 bits per heavy atom. The van der Waals surface area contributed by atoms with Crippen LogP contribution in [-0.2, 0) is 10.2 Å². The summed E-state index contributed by atoms with van der Waals surface area (Å²) >= 11 is 0. The van der Waals surface area contributed by atoms with Crippen LogP contribution in [0.25, 0.3) is 0 Å². The molecule has 0 bridgehead atoms. The molecule has 4 nitrogen and oxygen atoms in total. The predicted octanol–water partition coefficient (Wildman–Crippen LogP) is 3.40. The van der Waals surface area contributed by atoms with Crippen molar-refractivity contribution in [3.63, 3.8) is 0 Å².